The van der Waals surface area contributed by atoms with E-state index >= 15 is 0 Å². The second-order valence-electron chi connectivity index (χ2n) is 5.04. The number of halogens is 3. The summed E-state index contributed by atoms with van der Waals surface area (Å²) >= 11 is 17.7. The Balaban J connectivity index is 2.00. The zero-order valence-corrected chi connectivity index (χ0v) is 15.1. The fourth-order valence-electron chi connectivity index (χ4n) is 2.13. The van der Waals surface area contributed by atoms with E-state index < -0.39 is 0 Å². The minimum absolute atomic E-state index is 0.162. The number of nitrogens with zero attached hydrogens (tertiary/aromatic N) is 1. The van der Waals surface area contributed by atoms with Crippen LogP contribution in [-0.4, -0.2) is 24.9 Å². The van der Waals surface area contributed by atoms with Crippen molar-refractivity contribution < 1.29 is 9.59 Å². The monoisotopic (exact) mass is 384 g/mol. The molecular weight excluding hydrogens is 371 g/mol. The average molecular weight is 386 g/mol. The van der Waals surface area contributed by atoms with E-state index in [9.17, 15) is 9.59 Å². The molecule has 1 N–H and O–H groups in total. The summed E-state index contributed by atoms with van der Waals surface area (Å²) in [5.41, 5.74) is 1.08. The number of anilines is 1. The lowest BCUT2D eigenvalue weighted by atomic mass is 10.2. The molecule has 2 amide bonds. The lowest BCUT2D eigenvalue weighted by Gasteiger charge is -2.22. The Hall–Kier alpha value is -1.75. The molecule has 0 aliphatic heterocycles. The lowest BCUT2D eigenvalue weighted by Crippen LogP contribution is -2.37. The number of hydrogen-bond acceptors (Lipinski definition) is 2. The first-order valence-corrected chi connectivity index (χ1v) is 8.29. The maximum Gasteiger partial charge on any atom is 0.251 e. The number of amides is 2. The summed E-state index contributed by atoms with van der Waals surface area (Å²) < 4.78 is 0. The molecule has 0 atom stereocenters. The summed E-state index contributed by atoms with van der Waals surface area (Å²) in [6.45, 7) is 2.03. The van der Waals surface area contributed by atoms with Gasteiger partial charge in [-0.15, -0.1) is 0 Å². The summed E-state index contributed by atoms with van der Waals surface area (Å²) in [5, 5.41) is 4.03. The van der Waals surface area contributed by atoms with Gasteiger partial charge in [-0.25, -0.2) is 0 Å². The molecular formula is C17H15Cl3N2O2. The summed E-state index contributed by atoms with van der Waals surface area (Å²) in [4.78, 5) is 25.4. The van der Waals surface area contributed by atoms with Crippen molar-refractivity contribution in [3.63, 3.8) is 0 Å². The highest BCUT2D eigenvalue weighted by atomic mass is 35.5. The maximum atomic E-state index is 12.1. The van der Waals surface area contributed by atoms with Gasteiger partial charge in [-0.1, -0.05) is 40.9 Å². The number of hydrogen-bond donors (Lipinski definition) is 1. The van der Waals surface area contributed by atoms with Crippen LogP contribution in [0.25, 0.3) is 0 Å². The zero-order chi connectivity index (χ0) is 17.7. The number of benzene rings is 2. The van der Waals surface area contributed by atoms with Crippen LogP contribution in [0, 0.1) is 0 Å². The van der Waals surface area contributed by atoms with E-state index in [1.807, 2.05) is 0 Å². The van der Waals surface area contributed by atoms with Crippen LogP contribution in [0.5, 0.6) is 0 Å². The standard InChI is InChI=1S/C17H15Cl3N2O2/c1-11(23)22(14-5-6-15(19)16(20)10-14)8-7-21-17(24)12-3-2-4-13(18)9-12/h2-6,9-10H,7-8H2,1H3,(H,21,24). The van der Waals surface area contributed by atoms with Gasteiger partial charge in [-0.3, -0.25) is 9.59 Å². The van der Waals surface area contributed by atoms with Gasteiger partial charge < -0.3 is 10.2 Å². The summed E-state index contributed by atoms with van der Waals surface area (Å²) in [6.07, 6.45) is 0. The van der Waals surface area contributed by atoms with Crippen molar-refractivity contribution in [1.82, 2.24) is 5.32 Å². The smallest absolute Gasteiger partial charge is 0.251 e. The maximum absolute atomic E-state index is 12.1. The molecule has 0 unspecified atom stereocenters. The Kier molecular flexibility index (Phi) is 6.49. The molecule has 0 heterocycles. The fourth-order valence-corrected chi connectivity index (χ4v) is 2.62. The molecule has 0 bridgehead atoms. The van der Waals surface area contributed by atoms with E-state index in [1.54, 1.807) is 42.5 Å². The number of rotatable bonds is 5. The van der Waals surface area contributed by atoms with Crippen molar-refractivity contribution in [1.29, 1.82) is 0 Å². The Morgan fingerprint density at radius 1 is 1.04 bits per heavy atom. The third-order valence-corrected chi connectivity index (χ3v) is 4.28. The molecule has 0 saturated carbocycles. The van der Waals surface area contributed by atoms with E-state index in [1.165, 1.54) is 11.8 Å². The third kappa shape index (κ3) is 4.87. The van der Waals surface area contributed by atoms with E-state index in [4.69, 9.17) is 34.8 Å². The van der Waals surface area contributed by atoms with Gasteiger partial charge in [0.15, 0.2) is 0 Å². The lowest BCUT2D eigenvalue weighted by molar-refractivity contribution is -0.116. The van der Waals surface area contributed by atoms with Crippen LogP contribution >= 0.6 is 34.8 Å². The van der Waals surface area contributed by atoms with Crippen molar-refractivity contribution in [2.75, 3.05) is 18.0 Å². The van der Waals surface area contributed by atoms with Crippen molar-refractivity contribution in [3.8, 4) is 0 Å². The highest BCUT2D eigenvalue weighted by molar-refractivity contribution is 6.42. The molecule has 126 valence electrons. The van der Waals surface area contributed by atoms with Gasteiger partial charge in [-0.05, 0) is 36.4 Å². The van der Waals surface area contributed by atoms with Crippen LogP contribution in [0.4, 0.5) is 5.69 Å². The molecule has 0 aliphatic carbocycles. The quantitative estimate of drug-likeness (QED) is 0.827. The summed E-state index contributed by atoms with van der Waals surface area (Å²) in [5.74, 6) is -0.416. The molecule has 0 spiro atoms. The molecule has 2 rings (SSSR count). The van der Waals surface area contributed by atoms with E-state index in [0.29, 0.717) is 32.9 Å². The van der Waals surface area contributed by atoms with Crippen LogP contribution in [0.3, 0.4) is 0 Å². The van der Waals surface area contributed by atoms with Crippen LogP contribution in [0.15, 0.2) is 42.5 Å². The van der Waals surface area contributed by atoms with Gasteiger partial charge in [0.2, 0.25) is 5.91 Å². The molecule has 24 heavy (non-hydrogen) atoms. The molecule has 0 radical (unpaired) electrons. The van der Waals surface area contributed by atoms with Gasteiger partial charge in [0, 0.05) is 36.3 Å². The van der Waals surface area contributed by atoms with Crippen LogP contribution in [0.1, 0.15) is 17.3 Å². The van der Waals surface area contributed by atoms with Gasteiger partial charge >= 0.3 is 0 Å². The fraction of sp³-hybridized carbons (Fsp3) is 0.176. The minimum atomic E-state index is -0.254. The Morgan fingerprint density at radius 3 is 2.42 bits per heavy atom. The van der Waals surface area contributed by atoms with Gasteiger partial charge in [0.05, 0.1) is 10.0 Å². The highest BCUT2D eigenvalue weighted by Crippen LogP contribution is 2.27. The van der Waals surface area contributed by atoms with E-state index in [0.717, 1.165) is 0 Å². The topological polar surface area (TPSA) is 49.4 Å². The zero-order valence-electron chi connectivity index (χ0n) is 12.9. The van der Waals surface area contributed by atoms with Crippen molar-refractivity contribution in [2.45, 2.75) is 6.92 Å². The van der Waals surface area contributed by atoms with E-state index in [-0.39, 0.29) is 18.4 Å². The highest BCUT2D eigenvalue weighted by Gasteiger charge is 2.13. The molecule has 0 saturated heterocycles. The molecule has 7 heteroatoms. The second kappa shape index (κ2) is 8.38. The Morgan fingerprint density at radius 2 is 1.79 bits per heavy atom. The SMILES string of the molecule is CC(=O)N(CCNC(=O)c1cccc(Cl)c1)c1ccc(Cl)c(Cl)c1. The molecule has 2 aromatic rings. The van der Waals surface area contributed by atoms with Crippen LogP contribution < -0.4 is 10.2 Å². The normalized spacial score (nSPS) is 10.3. The second-order valence-corrected chi connectivity index (χ2v) is 6.29. The first-order valence-electron chi connectivity index (χ1n) is 7.15. The third-order valence-electron chi connectivity index (χ3n) is 3.30. The number of carbonyl (C=O) groups excluding carboxylic acids is 2. The number of nitrogens with one attached hydrogen (secondary N) is 1. The summed E-state index contributed by atoms with van der Waals surface area (Å²) in [7, 11) is 0. The molecule has 2 aromatic carbocycles. The Bertz CT molecular complexity index is 765. The average Bonchev–Trinajstić information content (AvgIpc) is 2.54. The molecule has 4 nitrogen and oxygen atoms in total. The van der Waals surface area contributed by atoms with Crippen LogP contribution in [0.2, 0.25) is 15.1 Å². The predicted octanol–water partition coefficient (Wildman–Crippen LogP) is 4.43. The van der Waals surface area contributed by atoms with Gasteiger partial charge in [0.25, 0.3) is 5.91 Å². The van der Waals surface area contributed by atoms with Crippen LogP contribution in [-0.2, 0) is 4.79 Å². The largest absolute Gasteiger partial charge is 0.350 e. The minimum Gasteiger partial charge on any atom is -0.350 e. The van der Waals surface area contributed by atoms with E-state index in [2.05, 4.69) is 5.32 Å². The first-order chi connectivity index (χ1) is 11.4. The van der Waals surface area contributed by atoms with Gasteiger partial charge in [0.1, 0.15) is 0 Å². The Labute approximate surface area is 155 Å². The molecule has 0 aliphatic rings. The summed E-state index contributed by atoms with van der Waals surface area (Å²) in [6, 6.07) is 11.6. The predicted molar refractivity (Wildman–Crippen MR) is 98.3 cm³/mol. The first kappa shape index (κ1) is 18.6. The van der Waals surface area contributed by atoms with Crippen molar-refractivity contribution in [3.05, 3.63) is 63.1 Å². The van der Waals surface area contributed by atoms with Gasteiger partial charge in [-0.2, -0.15) is 0 Å². The number of carbonyl (C=O) groups is 2. The molecule has 0 fully saturated rings. The molecule has 0 aromatic heterocycles. The van der Waals surface area contributed by atoms with Crippen molar-refractivity contribution >= 4 is 52.3 Å². The van der Waals surface area contributed by atoms with Crippen molar-refractivity contribution in [2.24, 2.45) is 0 Å².